The highest BCUT2D eigenvalue weighted by molar-refractivity contribution is 5.77. The van der Waals surface area contributed by atoms with Crippen LogP contribution in [0.4, 0.5) is 0 Å². The second-order valence-corrected chi connectivity index (χ2v) is 7.17. The maximum atomic E-state index is 11.4. The fourth-order valence-electron chi connectivity index (χ4n) is 3.21. The van der Waals surface area contributed by atoms with E-state index in [2.05, 4.69) is 10.3 Å². The van der Waals surface area contributed by atoms with Gasteiger partial charge in [0.05, 0.1) is 11.9 Å². The maximum absolute atomic E-state index is 11.4. The van der Waals surface area contributed by atoms with Gasteiger partial charge in [0.15, 0.2) is 0 Å². The lowest BCUT2D eigenvalue weighted by molar-refractivity contribution is 0.301. The summed E-state index contributed by atoms with van der Waals surface area (Å²) in [5, 5.41) is 9.17. The van der Waals surface area contributed by atoms with Gasteiger partial charge in [-0.15, -0.1) is 5.10 Å². The van der Waals surface area contributed by atoms with E-state index in [9.17, 15) is 4.79 Å². The highest BCUT2D eigenvalue weighted by Gasteiger charge is 2.06. The van der Waals surface area contributed by atoms with Crippen LogP contribution in [-0.4, -0.2) is 15.0 Å². The van der Waals surface area contributed by atoms with E-state index >= 15 is 0 Å². The summed E-state index contributed by atoms with van der Waals surface area (Å²) in [6, 6.07) is 26.1. The smallest absolute Gasteiger partial charge is 0.336 e. The van der Waals surface area contributed by atoms with Crippen LogP contribution in [0.25, 0.3) is 16.7 Å². The Hall–Kier alpha value is -4.39. The Kier molecular flexibility index (Phi) is 5.36. The number of fused-ring (bicyclic) bond motifs is 1. The first-order valence-electron chi connectivity index (χ1n) is 10.1. The largest absolute Gasteiger partial charge is 0.489 e. The summed E-state index contributed by atoms with van der Waals surface area (Å²) in [6.45, 7) is 0.754. The van der Waals surface area contributed by atoms with E-state index in [0.29, 0.717) is 23.6 Å². The first kappa shape index (κ1) is 19.6. The molecule has 7 nitrogen and oxygen atoms in total. The molecule has 3 aromatic carbocycles. The predicted molar refractivity (Wildman–Crippen MR) is 119 cm³/mol. The summed E-state index contributed by atoms with van der Waals surface area (Å²) in [7, 11) is 0. The molecule has 32 heavy (non-hydrogen) atoms. The zero-order chi connectivity index (χ0) is 21.8. The second-order valence-electron chi connectivity index (χ2n) is 7.17. The van der Waals surface area contributed by atoms with Crippen LogP contribution in [0.3, 0.4) is 0 Å². The van der Waals surface area contributed by atoms with Crippen LogP contribution in [0.5, 0.6) is 11.5 Å². The van der Waals surface area contributed by atoms with E-state index in [1.807, 2.05) is 66.7 Å². The normalized spacial score (nSPS) is 10.9. The van der Waals surface area contributed by atoms with Crippen molar-refractivity contribution < 1.29 is 13.9 Å². The van der Waals surface area contributed by atoms with Crippen molar-refractivity contribution in [1.29, 1.82) is 0 Å². The van der Waals surface area contributed by atoms with Crippen molar-refractivity contribution >= 4 is 11.0 Å². The third-order valence-corrected chi connectivity index (χ3v) is 4.87. The van der Waals surface area contributed by atoms with Gasteiger partial charge >= 0.3 is 5.63 Å². The van der Waals surface area contributed by atoms with Crippen LogP contribution in [0.15, 0.2) is 100 Å². The Balaban J connectivity index is 1.21. The maximum Gasteiger partial charge on any atom is 0.336 e. The Morgan fingerprint density at radius 1 is 0.812 bits per heavy atom. The van der Waals surface area contributed by atoms with Gasteiger partial charge in [0.2, 0.25) is 0 Å². The van der Waals surface area contributed by atoms with E-state index in [0.717, 1.165) is 22.4 Å². The number of aromatic nitrogens is 3. The summed E-state index contributed by atoms with van der Waals surface area (Å²) in [5.41, 5.74) is 2.74. The molecule has 0 aliphatic heterocycles. The summed E-state index contributed by atoms with van der Waals surface area (Å²) in [5.74, 6) is 1.37. The van der Waals surface area contributed by atoms with Crippen LogP contribution in [0.2, 0.25) is 0 Å². The third kappa shape index (κ3) is 4.52. The Morgan fingerprint density at radius 3 is 2.41 bits per heavy atom. The average Bonchev–Trinajstić information content (AvgIpc) is 3.31. The van der Waals surface area contributed by atoms with E-state index in [1.54, 1.807) is 23.0 Å². The molecule has 0 radical (unpaired) electrons. The Morgan fingerprint density at radius 2 is 1.56 bits per heavy atom. The van der Waals surface area contributed by atoms with Crippen LogP contribution in [0, 0.1) is 0 Å². The average molecular weight is 425 g/mol. The minimum Gasteiger partial charge on any atom is -0.489 e. The molecule has 0 fully saturated rings. The van der Waals surface area contributed by atoms with Crippen molar-refractivity contribution in [1.82, 2.24) is 15.0 Å². The van der Waals surface area contributed by atoms with Crippen molar-refractivity contribution in [3.05, 3.63) is 113 Å². The van der Waals surface area contributed by atoms with Crippen molar-refractivity contribution in [3.63, 3.8) is 0 Å². The number of hydrogen-bond acceptors (Lipinski definition) is 6. The molecule has 0 spiro atoms. The minimum absolute atomic E-state index is 0.237. The van der Waals surface area contributed by atoms with Gasteiger partial charge in [-0.05, 0) is 48.0 Å². The molecular formula is C25H19N3O4. The van der Waals surface area contributed by atoms with Crippen LogP contribution >= 0.6 is 0 Å². The molecule has 2 heterocycles. The Labute approximate surface area is 183 Å². The van der Waals surface area contributed by atoms with Gasteiger partial charge in [-0.3, -0.25) is 0 Å². The van der Waals surface area contributed by atoms with E-state index in [4.69, 9.17) is 13.9 Å². The van der Waals surface area contributed by atoms with E-state index in [1.165, 1.54) is 6.07 Å². The van der Waals surface area contributed by atoms with Crippen molar-refractivity contribution in [3.8, 4) is 17.2 Å². The predicted octanol–water partition coefficient (Wildman–Crippen LogP) is 4.53. The summed E-state index contributed by atoms with van der Waals surface area (Å²) in [6.07, 6.45) is 1.81. The fraction of sp³-hybridized carbons (Fsp3) is 0.0800. The summed E-state index contributed by atoms with van der Waals surface area (Å²) < 4.78 is 18.5. The molecule has 0 amide bonds. The zero-order valence-corrected chi connectivity index (χ0v) is 17.0. The van der Waals surface area contributed by atoms with Crippen molar-refractivity contribution in [2.45, 2.75) is 13.2 Å². The van der Waals surface area contributed by atoms with Gasteiger partial charge in [-0.2, -0.15) is 0 Å². The topological polar surface area (TPSA) is 79.4 Å². The van der Waals surface area contributed by atoms with Crippen LogP contribution in [-0.2, 0) is 13.2 Å². The first-order chi connectivity index (χ1) is 15.7. The molecule has 0 aliphatic carbocycles. The number of ether oxygens (including phenoxy) is 2. The Bertz CT molecular complexity index is 1390. The summed E-state index contributed by atoms with van der Waals surface area (Å²) >= 11 is 0. The number of benzene rings is 3. The van der Waals surface area contributed by atoms with E-state index in [-0.39, 0.29) is 6.61 Å². The highest BCUT2D eigenvalue weighted by Crippen LogP contribution is 2.21. The number of nitrogens with zero attached hydrogens (tertiary/aromatic N) is 3. The molecule has 0 atom stereocenters. The second kappa shape index (κ2) is 8.77. The van der Waals surface area contributed by atoms with Crippen LogP contribution < -0.4 is 15.1 Å². The lowest BCUT2D eigenvalue weighted by atomic mass is 10.2. The molecule has 0 N–H and O–H groups in total. The first-order valence-corrected chi connectivity index (χ1v) is 10.1. The molecule has 158 valence electrons. The zero-order valence-electron chi connectivity index (χ0n) is 17.0. The molecule has 0 unspecified atom stereocenters. The molecular weight excluding hydrogens is 406 g/mol. The molecule has 0 saturated heterocycles. The molecule has 0 saturated carbocycles. The highest BCUT2D eigenvalue weighted by atomic mass is 16.5. The van der Waals surface area contributed by atoms with E-state index < -0.39 is 5.63 Å². The van der Waals surface area contributed by atoms with Gasteiger partial charge in [-0.25, -0.2) is 9.48 Å². The van der Waals surface area contributed by atoms with Gasteiger partial charge in [0.25, 0.3) is 0 Å². The fourth-order valence-corrected chi connectivity index (χ4v) is 3.21. The quantitative estimate of drug-likeness (QED) is 0.357. The van der Waals surface area contributed by atoms with Gasteiger partial charge in [-0.1, -0.05) is 35.5 Å². The number of rotatable bonds is 7. The third-order valence-electron chi connectivity index (χ3n) is 4.87. The SMILES string of the molecule is O=c1ccc2ccc(OCc3cn(-c4ccc(OCc5ccccc5)cc4)nn3)cc2o1. The minimum atomic E-state index is -0.394. The van der Waals surface area contributed by atoms with Gasteiger partial charge in [0, 0.05) is 17.5 Å². The van der Waals surface area contributed by atoms with Crippen molar-refractivity contribution in [2.24, 2.45) is 0 Å². The lowest BCUT2D eigenvalue weighted by Gasteiger charge is -2.07. The van der Waals surface area contributed by atoms with Gasteiger partial charge < -0.3 is 13.9 Å². The lowest BCUT2D eigenvalue weighted by Crippen LogP contribution is -1.98. The number of hydrogen-bond donors (Lipinski definition) is 0. The molecule has 2 aromatic heterocycles. The molecule has 5 aromatic rings. The van der Waals surface area contributed by atoms with Gasteiger partial charge in [0.1, 0.15) is 36.0 Å². The standard InChI is InChI=1S/C25H19N3O4/c29-25-13-7-19-6-10-23(14-24(19)32-25)31-17-20-15-28(27-26-20)21-8-11-22(12-9-21)30-16-18-4-2-1-3-5-18/h1-15H,16-17H2. The molecule has 7 heteroatoms. The molecule has 0 aliphatic rings. The summed E-state index contributed by atoms with van der Waals surface area (Å²) in [4.78, 5) is 11.4. The van der Waals surface area contributed by atoms with Crippen LogP contribution in [0.1, 0.15) is 11.3 Å². The monoisotopic (exact) mass is 425 g/mol. The molecule has 5 rings (SSSR count). The molecule has 0 bridgehead atoms. The van der Waals surface area contributed by atoms with Crippen molar-refractivity contribution in [2.75, 3.05) is 0 Å².